The minimum Gasteiger partial charge on any atom is -0.439 e. The number of allylic oxidation sites excluding steroid dienone is 1. The van der Waals surface area contributed by atoms with E-state index in [1.54, 1.807) is 0 Å². The zero-order valence-electron chi connectivity index (χ0n) is 7.24. The van der Waals surface area contributed by atoms with Crippen LogP contribution in [0, 0.1) is 0 Å². The Morgan fingerprint density at radius 1 is 1.33 bits per heavy atom. The van der Waals surface area contributed by atoms with Gasteiger partial charge in [-0.3, -0.25) is 0 Å². The summed E-state index contributed by atoms with van der Waals surface area (Å²) in [5.74, 6) is 1.84. The van der Waals surface area contributed by atoms with Gasteiger partial charge in [0.25, 0.3) is 0 Å². The Labute approximate surface area is 72.1 Å². The van der Waals surface area contributed by atoms with Crippen molar-refractivity contribution in [2.24, 2.45) is 0 Å². The second-order valence-corrected chi connectivity index (χ2v) is 2.76. The van der Waals surface area contributed by atoms with Gasteiger partial charge in [0, 0.05) is 7.05 Å². The van der Waals surface area contributed by atoms with Crippen LogP contribution in [0.1, 0.15) is 6.92 Å². The van der Waals surface area contributed by atoms with Crippen LogP contribution in [0.5, 0.6) is 5.75 Å². The highest BCUT2D eigenvalue weighted by Gasteiger charge is 2.20. The van der Waals surface area contributed by atoms with E-state index in [-0.39, 0.29) is 0 Å². The number of benzene rings is 1. The maximum Gasteiger partial charge on any atom is 0.196 e. The Kier molecular flexibility index (Phi) is 1.54. The maximum atomic E-state index is 5.56. The standard InChI is InChI=1S/C10H11NO/c1-3-10-11(2)8-6-4-5-7-9(8)12-10/h3-7H,1-2H3/b10-3+. The normalized spacial score (nSPS) is 17.8. The Balaban J connectivity index is 2.49. The molecular weight excluding hydrogens is 150 g/mol. The minimum absolute atomic E-state index is 0.899. The fraction of sp³-hybridized carbons (Fsp3) is 0.200. The number of hydrogen-bond acceptors (Lipinski definition) is 2. The molecule has 1 aromatic carbocycles. The van der Waals surface area contributed by atoms with Crippen LogP contribution in [-0.2, 0) is 0 Å². The summed E-state index contributed by atoms with van der Waals surface area (Å²) in [6.07, 6.45) is 1.96. The predicted octanol–water partition coefficient (Wildman–Crippen LogP) is 2.38. The third-order valence-corrected chi connectivity index (χ3v) is 2.02. The van der Waals surface area contributed by atoms with E-state index >= 15 is 0 Å². The Hall–Kier alpha value is -1.44. The van der Waals surface area contributed by atoms with Gasteiger partial charge in [-0.1, -0.05) is 12.1 Å². The Morgan fingerprint density at radius 2 is 2.08 bits per heavy atom. The van der Waals surface area contributed by atoms with Crippen LogP contribution in [0.2, 0.25) is 0 Å². The van der Waals surface area contributed by atoms with Crippen molar-refractivity contribution in [1.29, 1.82) is 0 Å². The molecule has 0 aromatic heterocycles. The summed E-state index contributed by atoms with van der Waals surface area (Å²) < 4.78 is 5.56. The lowest BCUT2D eigenvalue weighted by molar-refractivity contribution is 0.442. The van der Waals surface area contributed by atoms with Crippen LogP contribution in [0.25, 0.3) is 0 Å². The first kappa shape index (κ1) is 7.22. The molecular formula is C10H11NO. The van der Waals surface area contributed by atoms with Gasteiger partial charge < -0.3 is 9.64 Å². The van der Waals surface area contributed by atoms with Crippen LogP contribution < -0.4 is 9.64 Å². The van der Waals surface area contributed by atoms with Gasteiger partial charge in [0.1, 0.15) is 0 Å². The molecule has 0 amide bonds. The molecule has 2 rings (SSSR count). The Bertz CT molecular complexity index is 330. The molecule has 0 radical (unpaired) electrons. The van der Waals surface area contributed by atoms with Gasteiger partial charge in [0.2, 0.25) is 0 Å². The molecule has 0 saturated heterocycles. The quantitative estimate of drug-likeness (QED) is 0.579. The third kappa shape index (κ3) is 0.881. The molecule has 0 aliphatic carbocycles. The first-order valence-corrected chi connectivity index (χ1v) is 4.00. The van der Waals surface area contributed by atoms with Gasteiger partial charge in [-0.2, -0.15) is 0 Å². The van der Waals surface area contributed by atoms with E-state index in [1.165, 1.54) is 0 Å². The molecule has 1 aromatic rings. The van der Waals surface area contributed by atoms with E-state index in [0.29, 0.717) is 0 Å². The van der Waals surface area contributed by atoms with Gasteiger partial charge >= 0.3 is 0 Å². The van der Waals surface area contributed by atoms with E-state index in [0.717, 1.165) is 17.3 Å². The van der Waals surface area contributed by atoms with E-state index in [9.17, 15) is 0 Å². The van der Waals surface area contributed by atoms with Crippen LogP contribution in [0.15, 0.2) is 36.2 Å². The fourth-order valence-electron chi connectivity index (χ4n) is 1.37. The van der Waals surface area contributed by atoms with Gasteiger partial charge in [-0.15, -0.1) is 0 Å². The molecule has 0 saturated carbocycles. The molecule has 0 bridgehead atoms. The molecule has 0 N–H and O–H groups in total. The summed E-state index contributed by atoms with van der Waals surface area (Å²) in [6, 6.07) is 8.01. The molecule has 2 heteroatoms. The molecule has 1 aliphatic heterocycles. The highest BCUT2D eigenvalue weighted by Crippen LogP contribution is 2.36. The van der Waals surface area contributed by atoms with Crippen molar-refractivity contribution >= 4 is 5.69 Å². The predicted molar refractivity (Wildman–Crippen MR) is 49.2 cm³/mol. The lowest BCUT2D eigenvalue weighted by atomic mass is 10.3. The number of nitrogens with zero attached hydrogens (tertiary/aromatic N) is 1. The summed E-state index contributed by atoms with van der Waals surface area (Å²) in [5, 5.41) is 0. The van der Waals surface area contributed by atoms with Gasteiger partial charge in [0.15, 0.2) is 11.6 Å². The lowest BCUT2D eigenvalue weighted by Crippen LogP contribution is -2.12. The van der Waals surface area contributed by atoms with E-state index in [2.05, 4.69) is 0 Å². The van der Waals surface area contributed by atoms with Gasteiger partial charge in [0.05, 0.1) is 5.69 Å². The van der Waals surface area contributed by atoms with E-state index in [4.69, 9.17) is 4.74 Å². The zero-order chi connectivity index (χ0) is 8.55. The van der Waals surface area contributed by atoms with Crippen molar-refractivity contribution in [2.75, 3.05) is 11.9 Å². The molecule has 12 heavy (non-hydrogen) atoms. The van der Waals surface area contributed by atoms with Crippen LogP contribution in [0.3, 0.4) is 0 Å². The SMILES string of the molecule is C/C=C1/Oc2ccccc2N1C. The first-order chi connectivity index (χ1) is 5.83. The average molecular weight is 161 g/mol. The number of ether oxygens (including phenoxy) is 1. The number of anilines is 1. The van der Waals surface area contributed by atoms with Crippen molar-refractivity contribution in [3.63, 3.8) is 0 Å². The highest BCUT2D eigenvalue weighted by molar-refractivity contribution is 5.65. The summed E-state index contributed by atoms with van der Waals surface area (Å²) in [6.45, 7) is 1.97. The molecule has 2 nitrogen and oxygen atoms in total. The molecule has 0 unspecified atom stereocenters. The third-order valence-electron chi connectivity index (χ3n) is 2.02. The Morgan fingerprint density at radius 3 is 2.75 bits per heavy atom. The molecule has 0 fully saturated rings. The van der Waals surface area contributed by atoms with Crippen LogP contribution in [0.4, 0.5) is 5.69 Å². The van der Waals surface area contributed by atoms with Crippen molar-refractivity contribution in [2.45, 2.75) is 6.92 Å². The summed E-state index contributed by atoms with van der Waals surface area (Å²) in [5.41, 5.74) is 1.13. The largest absolute Gasteiger partial charge is 0.439 e. The van der Waals surface area contributed by atoms with E-state index < -0.39 is 0 Å². The monoisotopic (exact) mass is 161 g/mol. The molecule has 1 heterocycles. The van der Waals surface area contributed by atoms with Crippen LogP contribution in [-0.4, -0.2) is 7.05 Å². The number of hydrogen-bond donors (Lipinski definition) is 0. The van der Waals surface area contributed by atoms with Gasteiger partial charge in [-0.25, -0.2) is 0 Å². The fourth-order valence-corrected chi connectivity index (χ4v) is 1.37. The summed E-state index contributed by atoms with van der Waals surface area (Å²) in [4.78, 5) is 2.04. The van der Waals surface area contributed by atoms with Crippen LogP contribution >= 0.6 is 0 Å². The van der Waals surface area contributed by atoms with Crippen molar-refractivity contribution < 1.29 is 4.74 Å². The number of fused-ring (bicyclic) bond motifs is 1. The average Bonchev–Trinajstić information content (AvgIpc) is 2.44. The minimum atomic E-state index is 0.899. The van der Waals surface area contributed by atoms with Gasteiger partial charge in [-0.05, 0) is 25.1 Å². The molecule has 0 atom stereocenters. The molecule has 62 valence electrons. The summed E-state index contributed by atoms with van der Waals surface area (Å²) >= 11 is 0. The topological polar surface area (TPSA) is 12.5 Å². The second-order valence-electron chi connectivity index (χ2n) is 2.76. The smallest absolute Gasteiger partial charge is 0.196 e. The highest BCUT2D eigenvalue weighted by atomic mass is 16.5. The summed E-state index contributed by atoms with van der Waals surface area (Å²) in [7, 11) is 2.00. The van der Waals surface area contributed by atoms with Crippen molar-refractivity contribution in [3.05, 3.63) is 36.2 Å². The first-order valence-electron chi connectivity index (χ1n) is 4.00. The number of rotatable bonds is 0. The second kappa shape index (κ2) is 2.55. The zero-order valence-corrected chi connectivity index (χ0v) is 7.24. The lowest BCUT2D eigenvalue weighted by Gasteiger charge is -2.09. The molecule has 0 spiro atoms. The maximum absolute atomic E-state index is 5.56. The number of para-hydroxylation sites is 2. The molecule has 1 aliphatic rings. The van der Waals surface area contributed by atoms with Crippen molar-refractivity contribution in [1.82, 2.24) is 0 Å². The van der Waals surface area contributed by atoms with Crippen molar-refractivity contribution in [3.8, 4) is 5.75 Å². The van der Waals surface area contributed by atoms with E-state index in [1.807, 2.05) is 49.2 Å².